The number of ether oxygens (including phenoxy) is 1. The summed E-state index contributed by atoms with van der Waals surface area (Å²) in [5.41, 5.74) is 1.75. The van der Waals surface area contributed by atoms with E-state index in [2.05, 4.69) is 22.1 Å². The van der Waals surface area contributed by atoms with E-state index in [1.165, 1.54) is 52.1 Å². The number of nitrogens with one attached hydrogen (secondary N) is 2. The van der Waals surface area contributed by atoms with Gasteiger partial charge in [-0.3, -0.25) is 9.89 Å². The monoisotopic (exact) mass is 334 g/mol. The van der Waals surface area contributed by atoms with Crippen LogP contribution in [0.3, 0.4) is 0 Å². The van der Waals surface area contributed by atoms with E-state index in [4.69, 9.17) is 4.74 Å². The van der Waals surface area contributed by atoms with Crippen molar-refractivity contribution in [1.29, 1.82) is 0 Å². The highest BCUT2D eigenvalue weighted by molar-refractivity contribution is 5.93. The minimum atomic E-state index is -0.192. The summed E-state index contributed by atoms with van der Waals surface area (Å²) >= 11 is 0. The van der Waals surface area contributed by atoms with Crippen LogP contribution in [0.5, 0.6) is 0 Å². The number of esters is 1. The van der Waals surface area contributed by atoms with Gasteiger partial charge in [-0.25, -0.2) is 10.1 Å². The van der Waals surface area contributed by atoms with Crippen LogP contribution in [0.1, 0.15) is 71.6 Å². The van der Waals surface area contributed by atoms with Gasteiger partial charge >= 0.3 is 11.9 Å². The molecule has 0 unspecified atom stereocenters. The Kier molecular flexibility index (Phi) is 5.47. The third kappa shape index (κ3) is 3.31. The quantitative estimate of drug-likeness (QED) is 0.427. The molecule has 24 heavy (non-hydrogen) atoms. The van der Waals surface area contributed by atoms with Gasteiger partial charge in [-0.1, -0.05) is 39.0 Å². The number of hydrogen-bond donors (Lipinski definition) is 2. The van der Waals surface area contributed by atoms with Crippen molar-refractivity contribution in [2.45, 2.75) is 89.8 Å². The van der Waals surface area contributed by atoms with Gasteiger partial charge in [0.2, 0.25) is 0 Å². The van der Waals surface area contributed by atoms with Gasteiger partial charge in [-0.05, 0) is 26.2 Å². The van der Waals surface area contributed by atoms with E-state index in [0.717, 1.165) is 30.1 Å². The Morgan fingerprint density at radius 3 is 2.79 bits per heavy atom. The lowest BCUT2D eigenvalue weighted by molar-refractivity contribution is -0.580. The highest BCUT2D eigenvalue weighted by Gasteiger charge is 2.47. The van der Waals surface area contributed by atoms with Crippen molar-refractivity contribution in [1.82, 2.24) is 10.6 Å². The summed E-state index contributed by atoms with van der Waals surface area (Å²) in [6, 6.07) is 1.28. The summed E-state index contributed by atoms with van der Waals surface area (Å²) in [6.07, 6.45) is 11.3. The molecule has 3 aliphatic heterocycles. The predicted octanol–water partition coefficient (Wildman–Crippen LogP) is 2.66. The fourth-order valence-electron chi connectivity index (χ4n) is 4.57. The number of unbranched alkanes of at least 4 members (excludes halogenated alkanes) is 4. The third-order valence-corrected chi connectivity index (χ3v) is 5.76. The van der Waals surface area contributed by atoms with E-state index in [-0.39, 0.29) is 12.0 Å². The first-order valence-corrected chi connectivity index (χ1v) is 9.63. The Balaban J connectivity index is 1.64. The average molecular weight is 334 g/mol. The molecule has 0 amide bonds. The van der Waals surface area contributed by atoms with Gasteiger partial charge in [0.15, 0.2) is 0 Å². The van der Waals surface area contributed by atoms with Crippen LogP contribution in [0.25, 0.3) is 0 Å². The molecule has 0 aliphatic carbocycles. The maximum atomic E-state index is 12.2. The molecular formula is C19H32N3O2+. The molecule has 5 heteroatoms. The molecule has 134 valence electrons. The van der Waals surface area contributed by atoms with Crippen LogP contribution in [-0.4, -0.2) is 41.7 Å². The van der Waals surface area contributed by atoms with Crippen molar-refractivity contribution in [3.63, 3.8) is 0 Å². The minimum absolute atomic E-state index is 0.178. The first-order chi connectivity index (χ1) is 11.7. The molecule has 2 N–H and O–H groups in total. The molecule has 3 atom stereocenters. The number of carbonyl (C=O) groups is 1. The van der Waals surface area contributed by atoms with Crippen molar-refractivity contribution in [3.8, 4) is 0 Å². The lowest BCUT2D eigenvalue weighted by Gasteiger charge is -2.33. The fourth-order valence-corrected chi connectivity index (χ4v) is 4.57. The van der Waals surface area contributed by atoms with Crippen LogP contribution in [0.15, 0.2) is 11.3 Å². The number of rotatable bonds is 7. The summed E-state index contributed by atoms with van der Waals surface area (Å²) in [6.45, 7) is 4.25. The molecule has 1 fully saturated rings. The van der Waals surface area contributed by atoms with Crippen LogP contribution >= 0.6 is 0 Å². The molecule has 0 radical (unpaired) electrons. The number of hydrogen-bond acceptors (Lipinski definition) is 4. The molecule has 0 saturated carbocycles. The van der Waals surface area contributed by atoms with Crippen molar-refractivity contribution in [2.24, 2.45) is 0 Å². The van der Waals surface area contributed by atoms with E-state index in [1.54, 1.807) is 0 Å². The predicted molar refractivity (Wildman–Crippen MR) is 94.8 cm³/mol. The summed E-state index contributed by atoms with van der Waals surface area (Å²) < 4.78 is 7.40. The molecule has 0 aromatic carbocycles. The minimum Gasteiger partial charge on any atom is -0.465 e. The van der Waals surface area contributed by atoms with E-state index in [9.17, 15) is 4.79 Å². The number of guanidine groups is 1. The van der Waals surface area contributed by atoms with Crippen molar-refractivity contribution >= 4 is 11.9 Å². The zero-order chi connectivity index (χ0) is 17.1. The Hall–Kier alpha value is -1.52. The van der Waals surface area contributed by atoms with Gasteiger partial charge < -0.3 is 4.74 Å². The Labute approximate surface area is 145 Å². The van der Waals surface area contributed by atoms with Gasteiger partial charge in [0.25, 0.3) is 0 Å². The zero-order valence-electron chi connectivity index (χ0n) is 15.4. The highest BCUT2D eigenvalue weighted by Crippen LogP contribution is 2.34. The van der Waals surface area contributed by atoms with Gasteiger partial charge in [0.05, 0.1) is 24.9 Å². The number of carbonyl (C=O) groups excluding carboxylic acids is 1. The number of methoxy groups -OCH3 is 1. The average Bonchev–Trinajstić information content (AvgIpc) is 2.99. The molecule has 0 aromatic rings. The van der Waals surface area contributed by atoms with E-state index < -0.39 is 0 Å². The van der Waals surface area contributed by atoms with Gasteiger partial charge in [-0.2, -0.15) is 0 Å². The van der Waals surface area contributed by atoms with Gasteiger partial charge in [0.1, 0.15) is 11.6 Å². The second-order valence-electron chi connectivity index (χ2n) is 7.44. The van der Waals surface area contributed by atoms with Crippen LogP contribution in [0.2, 0.25) is 0 Å². The van der Waals surface area contributed by atoms with Crippen LogP contribution in [0, 0.1) is 0 Å². The second-order valence-corrected chi connectivity index (χ2v) is 7.44. The van der Waals surface area contributed by atoms with Crippen LogP contribution in [0.4, 0.5) is 0 Å². The highest BCUT2D eigenvalue weighted by atomic mass is 16.5. The van der Waals surface area contributed by atoms with Crippen LogP contribution in [-0.2, 0) is 9.53 Å². The summed E-state index contributed by atoms with van der Waals surface area (Å²) in [5, 5.41) is 7.14. The van der Waals surface area contributed by atoms with E-state index in [1.807, 2.05) is 6.92 Å². The maximum Gasteiger partial charge on any atom is 0.351 e. The lowest BCUT2D eigenvalue weighted by atomic mass is 9.98. The van der Waals surface area contributed by atoms with Crippen molar-refractivity contribution < 1.29 is 14.1 Å². The molecule has 5 nitrogen and oxygen atoms in total. The smallest absolute Gasteiger partial charge is 0.351 e. The second kappa shape index (κ2) is 7.58. The molecule has 3 aliphatic rings. The SMILES string of the molecule is CCCCCCC[C@H]1C[C@H]2CC[C@H]3C(C(=O)OC)=C(C)NC(=[N+]23)N1. The number of allylic oxidation sites excluding steroid dienone is 1. The third-order valence-electron chi connectivity index (χ3n) is 5.76. The molecule has 3 rings (SSSR count). The zero-order valence-corrected chi connectivity index (χ0v) is 15.4. The molecule has 0 bridgehead atoms. The maximum absolute atomic E-state index is 12.2. The Morgan fingerprint density at radius 1 is 1.25 bits per heavy atom. The summed E-state index contributed by atoms with van der Waals surface area (Å²) in [7, 11) is 1.47. The number of nitrogens with zero attached hydrogens (tertiary/aromatic N) is 1. The molecule has 1 saturated heterocycles. The Morgan fingerprint density at radius 2 is 2.04 bits per heavy atom. The molecule has 0 aromatic heterocycles. The fraction of sp³-hybridized carbons (Fsp3) is 0.789. The summed E-state index contributed by atoms with van der Waals surface area (Å²) in [4.78, 5) is 12.2. The topological polar surface area (TPSA) is 53.4 Å². The first kappa shape index (κ1) is 17.3. The largest absolute Gasteiger partial charge is 0.465 e. The van der Waals surface area contributed by atoms with E-state index in [0.29, 0.717) is 12.1 Å². The van der Waals surface area contributed by atoms with Gasteiger partial charge in [0, 0.05) is 6.42 Å². The summed E-state index contributed by atoms with van der Waals surface area (Å²) in [5.74, 6) is 0.917. The van der Waals surface area contributed by atoms with E-state index >= 15 is 0 Å². The van der Waals surface area contributed by atoms with Crippen LogP contribution < -0.4 is 10.6 Å². The standard InChI is InChI=1S/C19H31N3O2/c1-4-5-6-7-8-9-14-12-15-10-11-16-17(18(23)24-3)13(2)20-19(21-14)22(15)16/h14-16H,4-12H2,1-3H3,(H,20,21,23)/p+1/t14-,15+,16-/m0/s1. The van der Waals surface area contributed by atoms with Crippen molar-refractivity contribution in [2.75, 3.05) is 7.11 Å². The lowest BCUT2D eigenvalue weighted by Crippen LogP contribution is -2.59. The Bertz CT molecular complexity index is 553. The van der Waals surface area contributed by atoms with Crippen molar-refractivity contribution in [3.05, 3.63) is 11.3 Å². The van der Waals surface area contributed by atoms with Gasteiger partial charge in [-0.15, -0.1) is 0 Å². The molecule has 3 heterocycles. The first-order valence-electron chi connectivity index (χ1n) is 9.63. The molecule has 0 spiro atoms. The normalized spacial score (nSPS) is 28.4. The molecular weight excluding hydrogens is 302 g/mol.